The molecule has 7 heteroatoms. The van der Waals surface area contributed by atoms with Crippen molar-refractivity contribution >= 4 is 5.97 Å². The minimum absolute atomic E-state index is 0.0261. The van der Waals surface area contributed by atoms with Crippen LogP contribution in [0, 0.1) is 5.95 Å². The van der Waals surface area contributed by atoms with Crippen molar-refractivity contribution in [3.05, 3.63) is 53.6 Å². The lowest BCUT2D eigenvalue weighted by Gasteiger charge is -2.09. The van der Waals surface area contributed by atoms with Crippen molar-refractivity contribution in [3.8, 4) is 11.1 Å². The van der Waals surface area contributed by atoms with E-state index in [1.807, 2.05) is 0 Å². The Labute approximate surface area is 110 Å². The number of aromatic carboxylic acids is 1. The van der Waals surface area contributed by atoms with Gasteiger partial charge >= 0.3 is 12.1 Å². The molecule has 0 radical (unpaired) electrons. The first-order chi connectivity index (χ1) is 9.29. The van der Waals surface area contributed by atoms with Crippen LogP contribution in [0.2, 0.25) is 0 Å². The molecule has 0 atom stereocenters. The third kappa shape index (κ3) is 2.76. The average Bonchev–Trinajstić information content (AvgIpc) is 2.37. The number of carboxylic acids is 1. The van der Waals surface area contributed by atoms with Crippen molar-refractivity contribution in [1.29, 1.82) is 0 Å². The van der Waals surface area contributed by atoms with E-state index >= 15 is 0 Å². The molecule has 0 unspecified atom stereocenters. The molecule has 3 nitrogen and oxygen atoms in total. The van der Waals surface area contributed by atoms with Gasteiger partial charge in [0.15, 0.2) is 5.69 Å². The highest BCUT2D eigenvalue weighted by atomic mass is 19.4. The lowest BCUT2D eigenvalue weighted by Crippen LogP contribution is -2.05. The number of halogens is 4. The van der Waals surface area contributed by atoms with E-state index in [4.69, 9.17) is 5.11 Å². The molecule has 1 aromatic carbocycles. The number of benzene rings is 1. The van der Waals surface area contributed by atoms with Crippen LogP contribution in [-0.2, 0) is 6.18 Å². The zero-order valence-corrected chi connectivity index (χ0v) is 9.78. The number of carboxylic acid groups (broad SMARTS) is 1. The summed E-state index contributed by atoms with van der Waals surface area (Å²) >= 11 is 0. The molecule has 20 heavy (non-hydrogen) atoms. The van der Waals surface area contributed by atoms with Gasteiger partial charge in [-0.25, -0.2) is 9.78 Å². The second-order valence-electron chi connectivity index (χ2n) is 3.92. The molecule has 0 spiro atoms. The Morgan fingerprint density at radius 2 is 1.85 bits per heavy atom. The fourth-order valence-electron chi connectivity index (χ4n) is 1.63. The van der Waals surface area contributed by atoms with E-state index in [0.29, 0.717) is 0 Å². The van der Waals surface area contributed by atoms with Gasteiger partial charge in [-0.1, -0.05) is 12.1 Å². The van der Waals surface area contributed by atoms with Gasteiger partial charge < -0.3 is 5.11 Å². The minimum Gasteiger partial charge on any atom is -0.477 e. The maximum atomic E-state index is 13.7. The Balaban J connectivity index is 2.49. The van der Waals surface area contributed by atoms with Gasteiger partial charge in [-0.05, 0) is 29.8 Å². The maximum Gasteiger partial charge on any atom is 0.416 e. The van der Waals surface area contributed by atoms with Crippen molar-refractivity contribution in [2.45, 2.75) is 6.18 Å². The number of rotatable bonds is 2. The molecule has 0 saturated heterocycles. The van der Waals surface area contributed by atoms with Gasteiger partial charge in [0.2, 0.25) is 5.95 Å². The molecular weight excluding hydrogens is 278 g/mol. The number of hydrogen-bond donors (Lipinski definition) is 1. The van der Waals surface area contributed by atoms with Crippen molar-refractivity contribution in [2.75, 3.05) is 0 Å². The van der Waals surface area contributed by atoms with Crippen LogP contribution in [0.5, 0.6) is 0 Å². The molecule has 0 aliphatic rings. The fraction of sp³-hybridized carbons (Fsp3) is 0.0769. The van der Waals surface area contributed by atoms with Crippen LogP contribution in [0.4, 0.5) is 17.6 Å². The predicted octanol–water partition coefficient (Wildman–Crippen LogP) is 3.60. The van der Waals surface area contributed by atoms with Crippen LogP contribution in [0.1, 0.15) is 16.1 Å². The Kier molecular flexibility index (Phi) is 3.44. The van der Waals surface area contributed by atoms with E-state index in [1.165, 1.54) is 6.07 Å². The Morgan fingerprint density at radius 3 is 2.40 bits per heavy atom. The van der Waals surface area contributed by atoms with Gasteiger partial charge in [-0.15, -0.1) is 0 Å². The van der Waals surface area contributed by atoms with Crippen LogP contribution < -0.4 is 0 Å². The molecule has 1 N–H and O–H groups in total. The van der Waals surface area contributed by atoms with Gasteiger partial charge in [-0.2, -0.15) is 17.6 Å². The molecule has 1 aromatic heterocycles. The quantitative estimate of drug-likeness (QED) is 0.677. The van der Waals surface area contributed by atoms with E-state index in [9.17, 15) is 22.4 Å². The zero-order valence-electron chi connectivity index (χ0n) is 9.78. The lowest BCUT2D eigenvalue weighted by atomic mass is 10.0. The van der Waals surface area contributed by atoms with Gasteiger partial charge in [-0.3, -0.25) is 0 Å². The van der Waals surface area contributed by atoms with Gasteiger partial charge in [0, 0.05) is 5.56 Å². The van der Waals surface area contributed by atoms with Gasteiger partial charge in [0.05, 0.1) is 5.56 Å². The van der Waals surface area contributed by atoms with E-state index in [1.54, 1.807) is 0 Å². The van der Waals surface area contributed by atoms with Crippen LogP contribution in [0.15, 0.2) is 36.4 Å². The summed E-state index contributed by atoms with van der Waals surface area (Å²) in [5.41, 5.74) is -1.65. The standard InChI is InChI=1S/C13H7F4NO2/c14-11-9(4-5-10(18-11)12(19)20)7-2-1-3-8(6-7)13(15,16)17/h1-6H,(H,19,20). The highest BCUT2D eigenvalue weighted by molar-refractivity contribution is 5.85. The van der Waals surface area contributed by atoms with Crippen molar-refractivity contribution in [3.63, 3.8) is 0 Å². The van der Waals surface area contributed by atoms with E-state index in [2.05, 4.69) is 4.98 Å². The van der Waals surface area contributed by atoms with Crippen molar-refractivity contribution in [2.24, 2.45) is 0 Å². The molecule has 104 valence electrons. The topological polar surface area (TPSA) is 50.2 Å². The Hall–Kier alpha value is -2.44. The summed E-state index contributed by atoms with van der Waals surface area (Å²) in [7, 11) is 0. The zero-order chi connectivity index (χ0) is 14.9. The van der Waals surface area contributed by atoms with Crippen LogP contribution in [0.3, 0.4) is 0 Å². The molecule has 0 aliphatic carbocycles. The summed E-state index contributed by atoms with van der Waals surface area (Å²) < 4.78 is 51.4. The second-order valence-corrected chi connectivity index (χ2v) is 3.92. The summed E-state index contributed by atoms with van der Waals surface area (Å²) in [5.74, 6) is -2.55. The number of alkyl halides is 3. The molecule has 2 rings (SSSR count). The van der Waals surface area contributed by atoms with Crippen LogP contribution >= 0.6 is 0 Å². The average molecular weight is 285 g/mol. The molecule has 0 saturated carbocycles. The lowest BCUT2D eigenvalue weighted by molar-refractivity contribution is -0.137. The molecule has 0 aliphatic heterocycles. The molecule has 0 bridgehead atoms. The molecule has 0 amide bonds. The van der Waals surface area contributed by atoms with E-state index < -0.39 is 29.4 Å². The number of nitrogens with zero attached hydrogens (tertiary/aromatic N) is 1. The van der Waals surface area contributed by atoms with Crippen molar-refractivity contribution in [1.82, 2.24) is 4.98 Å². The fourth-order valence-corrected chi connectivity index (χ4v) is 1.63. The number of aromatic nitrogens is 1. The largest absolute Gasteiger partial charge is 0.477 e. The SMILES string of the molecule is O=C(O)c1ccc(-c2cccc(C(F)(F)F)c2)c(F)n1. The summed E-state index contributed by atoms with van der Waals surface area (Å²) in [6.07, 6.45) is -4.54. The first-order valence-corrected chi connectivity index (χ1v) is 5.36. The molecular formula is C13H7F4NO2. The first kappa shape index (κ1) is 14.0. The van der Waals surface area contributed by atoms with Crippen LogP contribution in [-0.4, -0.2) is 16.1 Å². The third-order valence-electron chi connectivity index (χ3n) is 2.57. The second kappa shape index (κ2) is 4.92. The van der Waals surface area contributed by atoms with E-state index in [0.717, 1.165) is 30.3 Å². The first-order valence-electron chi connectivity index (χ1n) is 5.36. The summed E-state index contributed by atoms with van der Waals surface area (Å²) in [5, 5.41) is 8.64. The molecule has 1 heterocycles. The van der Waals surface area contributed by atoms with Gasteiger partial charge in [0.1, 0.15) is 0 Å². The Morgan fingerprint density at radius 1 is 1.15 bits per heavy atom. The highest BCUT2D eigenvalue weighted by Gasteiger charge is 2.30. The smallest absolute Gasteiger partial charge is 0.416 e. The predicted molar refractivity (Wildman–Crippen MR) is 61.6 cm³/mol. The number of hydrogen-bond acceptors (Lipinski definition) is 2. The molecule has 0 fully saturated rings. The Bertz CT molecular complexity index is 668. The molecule has 2 aromatic rings. The van der Waals surface area contributed by atoms with Crippen molar-refractivity contribution < 1.29 is 27.5 Å². The third-order valence-corrected chi connectivity index (χ3v) is 2.57. The van der Waals surface area contributed by atoms with Crippen LogP contribution in [0.25, 0.3) is 11.1 Å². The minimum atomic E-state index is -4.54. The normalized spacial score (nSPS) is 11.4. The maximum absolute atomic E-state index is 13.7. The monoisotopic (exact) mass is 285 g/mol. The summed E-state index contributed by atoms with van der Waals surface area (Å²) in [6.45, 7) is 0. The summed E-state index contributed by atoms with van der Waals surface area (Å²) in [6, 6.07) is 6.18. The number of pyridine rings is 1. The number of carbonyl (C=O) groups is 1. The van der Waals surface area contributed by atoms with Gasteiger partial charge in [0.25, 0.3) is 0 Å². The van der Waals surface area contributed by atoms with E-state index in [-0.39, 0.29) is 11.1 Å². The summed E-state index contributed by atoms with van der Waals surface area (Å²) in [4.78, 5) is 13.8. The highest BCUT2D eigenvalue weighted by Crippen LogP contribution is 2.32.